The quantitative estimate of drug-likeness (QED) is 0.642. The maximum Gasteiger partial charge on any atom is 2.00 e. The predicted molar refractivity (Wildman–Crippen MR) is 53.5 cm³/mol. The van der Waals surface area contributed by atoms with E-state index < -0.39 is 10.8 Å². The Bertz CT molecular complexity index is 194. The first kappa shape index (κ1) is 16.8. The molecule has 0 spiro atoms. The Morgan fingerprint density at radius 2 is 1.00 bits per heavy atom. The topological polar surface area (TPSA) is 34.1 Å². The van der Waals surface area contributed by atoms with E-state index in [4.69, 9.17) is 0 Å². The van der Waals surface area contributed by atoms with Crippen molar-refractivity contribution in [3.05, 3.63) is 0 Å². The third-order valence-electron chi connectivity index (χ3n) is 1.99. The molecule has 0 radical (unpaired) electrons. The van der Waals surface area contributed by atoms with E-state index in [0.717, 1.165) is 0 Å². The van der Waals surface area contributed by atoms with Crippen LogP contribution >= 0.6 is 0 Å². The van der Waals surface area contributed by atoms with Crippen LogP contribution in [-0.4, -0.2) is 11.6 Å². The maximum absolute atomic E-state index is 11.5. The summed E-state index contributed by atoms with van der Waals surface area (Å²) in [5, 5.41) is 0. The first-order chi connectivity index (χ1) is 5.55. The number of carbonyl (C=O) groups excluding carboxylic acids is 2. The fraction of sp³-hybridized carbons (Fsp3) is 0.818. The molecule has 78 valence electrons. The molecular formula is C11H20O2U+2. The van der Waals surface area contributed by atoms with Crippen molar-refractivity contribution >= 4 is 11.6 Å². The van der Waals surface area contributed by atoms with Crippen LogP contribution in [0.4, 0.5) is 0 Å². The number of Topliss-reactive ketones (excluding diaryl/α,β-unsaturated/α-hetero) is 2. The van der Waals surface area contributed by atoms with Gasteiger partial charge in [-0.1, -0.05) is 41.5 Å². The molecule has 0 saturated heterocycles. The predicted octanol–water partition coefficient (Wildman–Crippen LogP) is 2.61. The third-order valence-corrected chi connectivity index (χ3v) is 1.99. The molecule has 0 fully saturated rings. The van der Waals surface area contributed by atoms with Crippen LogP contribution in [-0.2, 0) is 9.59 Å². The van der Waals surface area contributed by atoms with Crippen LogP contribution in [0.25, 0.3) is 0 Å². The van der Waals surface area contributed by atoms with Crippen molar-refractivity contribution in [3.8, 4) is 0 Å². The minimum atomic E-state index is -0.402. The molecule has 0 aromatic carbocycles. The van der Waals surface area contributed by atoms with Gasteiger partial charge in [0.05, 0.1) is 6.42 Å². The number of hydrogen-bond acceptors (Lipinski definition) is 2. The number of rotatable bonds is 2. The van der Waals surface area contributed by atoms with Gasteiger partial charge < -0.3 is 0 Å². The molecule has 0 heterocycles. The van der Waals surface area contributed by atoms with Gasteiger partial charge in [-0.2, -0.15) is 0 Å². The minimum Gasteiger partial charge on any atom is -0.299 e. The number of carbonyl (C=O) groups is 2. The normalized spacial score (nSPS) is 11.9. The van der Waals surface area contributed by atoms with Crippen LogP contribution in [0.5, 0.6) is 0 Å². The van der Waals surface area contributed by atoms with Crippen molar-refractivity contribution in [2.24, 2.45) is 10.8 Å². The van der Waals surface area contributed by atoms with Crippen LogP contribution < -0.4 is 0 Å². The Morgan fingerprint density at radius 3 is 1.14 bits per heavy atom. The molecule has 0 N–H and O–H groups in total. The fourth-order valence-electron chi connectivity index (χ4n) is 0.676. The van der Waals surface area contributed by atoms with Crippen molar-refractivity contribution in [3.63, 3.8) is 0 Å². The summed E-state index contributed by atoms with van der Waals surface area (Å²) in [5.74, 6) is 0.0415. The van der Waals surface area contributed by atoms with E-state index in [-0.39, 0.29) is 49.1 Å². The molecule has 0 rings (SSSR count). The Morgan fingerprint density at radius 1 is 0.786 bits per heavy atom. The summed E-state index contributed by atoms with van der Waals surface area (Å²) in [6.07, 6.45) is 0.0625. The van der Waals surface area contributed by atoms with Crippen molar-refractivity contribution in [1.29, 1.82) is 0 Å². The van der Waals surface area contributed by atoms with Gasteiger partial charge in [-0.15, -0.1) is 0 Å². The molecular weight excluding hydrogens is 402 g/mol. The van der Waals surface area contributed by atoms with Gasteiger partial charge >= 0.3 is 31.1 Å². The molecule has 0 aliphatic heterocycles. The maximum atomic E-state index is 11.5. The van der Waals surface area contributed by atoms with Crippen molar-refractivity contribution in [1.82, 2.24) is 0 Å². The molecule has 0 atom stereocenters. The average Bonchev–Trinajstić information content (AvgIpc) is 1.82. The fourth-order valence-corrected chi connectivity index (χ4v) is 0.676. The molecule has 3 heteroatoms. The summed E-state index contributed by atoms with van der Waals surface area (Å²) in [4.78, 5) is 23.0. The van der Waals surface area contributed by atoms with Crippen molar-refractivity contribution < 1.29 is 40.7 Å². The molecule has 0 aliphatic carbocycles. The number of ketones is 2. The Labute approximate surface area is 111 Å². The molecule has 0 unspecified atom stereocenters. The summed E-state index contributed by atoms with van der Waals surface area (Å²) in [7, 11) is 0. The second-order valence-electron chi connectivity index (χ2n) is 5.52. The van der Waals surface area contributed by atoms with Crippen LogP contribution in [0.3, 0.4) is 0 Å². The van der Waals surface area contributed by atoms with Crippen molar-refractivity contribution in [2.45, 2.75) is 48.0 Å². The molecule has 0 saturated carbocycles. The van der Waals surface area contributed by atoms with Gasteiger partial charge in [0, 0.05) is 10.8 Å². The largest absolute Gasteiger partial charge is 2.00 e. The van der Waals surface area contributed by atoms with E-state index in [2.05, 4.69) is 0 Å². The van der Waals surface area contributed by atoms with Gasteiger partial charge in [0.25, 0.3) is 0 Å². The summed E-state index contributed by atoms with van der Waals surface area (Å²) < 4.78 is 0. The molecule has 0 aromatic heterocycles. The van der Waals surface area contributed by atoms with E-state index >= 15 is 0 Å². The van der Waals surface area contributed by atoms with E-state index in [1.165, 1.54) is 0 Å². The molecule has 2 nitrogen and oxygen atoms in total. The second-order valence-corrected chi connectivity index (χ2v) is 5.52. The van der Waals surface area contributed by atoms with E-state index in [0.29, 0.717) is 0 Å². The Kier molecular flexibility index (Phi) is 6.57. The summed E-state index contributed by atoms with van der Waals surface area (Å²) in [5.41, 5.74) is -0.804. The van der Waals surface area contributed by atoms with Gasteiger partial charge in [-0.25, -0.2) is 0 Å². The van der Waals surface area contributed by atoms with Gasteiger partial charge in [-0.05, 0) is 0 Å². The second kappa shape index (κ2) is 5.47. The van der Waals surface area contributed by atoms with Gasteiger partial charge in [-0.3, -0.25) is 9.59 Å². The smallest absolute Gasteiger partial charge is 0.299 e. The zero-order valence-electron chi connectivity index (χ0n) is 10.0. The third kappa shape index (κ3) is 5.99. The van der Waals surface area contributed by atoms with Gasteiger partial charge in [0.15, 0.2) is 0 Å². The molecule has 0 amide bonds. The van der Waals surface area contributed by atoms with Gasteiger partial charge in [0.1, 0.15) is 11.6 Å². The Balaban J connectivity index is 0. The van der Waals surface area contributed by atoms with Crippen LogP contribution in [0.1, 0.15) is 48.0 Å². The summed E-state index contributed by atoms with van der Waals surface area (Å²) >= 11 is 0. The summed E-state index contributed by atoms with van der Waals surface area (Å²) in [6.45, 7) is 11.0. The standard InChI is InChI=1S/C11H20O2.U/c1-10(2,3)8(12)7-9(13)11(4,5)6;/h7H2,1-6H3;/q;+2. The first-order valence-corrected chi connectivity index (χ1v) is 4.62. The summed E-state index contributed by atoms with van der Waals surface area (Å²) in [6, 6.07) is 0. The van der Waals surface area contributed by atoms with E-state index in [1.54, 1.807) is 0 Å². The molecule has 0 aliphatic rings. The number of hydrogen-bond donors (Lipinski definition) is 0. The Hall–Kier alpha value is 0.392. The minimum absolute atomic E-state index is 0. The SMILES string of the molecule is CC(C)(C)C(=O)CC(=O)C(C)(C)C.[U+2]. The zero-order chi connectivity index (χ0) is 10.9. The average molecular weight is 422 g/mol. The van der Waals surface area contributed by atoms with Gasteiger partial charge in [0.2, 0.25) is 0 Å². The molecule has 0 aromatic rings. The molecule has 0 bridgehead atoms. The van der Waals surface area contributed by atoms with Crippen LogP contribution in [0, 0.1) is 41.9 Å². The molecule has 14 heavy (non-hydrogen) atoms. The van der Waals surface area contributed by atoms with Crippen molar-refractivity contribution in [2.75, 3.05) is 0 Å². The van der Waals surface area contributed by atoms with Crippen LogP contribution in [0.2, 0.25) is 0 Å². The van der Waals surface area contributed by atoms with E-state index in [9.17, 15) is 9.59 Å². The van der Waals surface area contributed by atoms with Crippen LogP contribution in [0.15, 0.2) is 0 Å². The zero-order valence-corrected chi connectivity index (χ0v) is 14.2. The monoisotopic (exact) mass is 422 g/mol. The first-order valence-electron chi connectivity index (χ1n) is 4.62. The van der Waals surface area contributed by atoms with E-state index in [1.807, 2.05) is 41.5 Å².